The van der Waals surface area contributed by atoms with Crippen LogP contribution >= 0.6 is 0 Å². The molecule has 0 saturated heterocycles. The number of ether oxygens (including phenoxy) is 1. The fourth-order valence-corrected chi connectivity index (χ4v) is 5.62. The first-order valence-electron chi connectivity index (χ1n) is 12.6. The van der Waals surface area contributed by atoms with Gasteiger partial charge in [-0.15, -0.1) is 0 Å². The van der Waals surface area contributed by atoms with Crippen LogP contribution in [0.1, 0.15) is 72.0 Å². The number of amides is 2. The van der Waals surface area contributed by atoms with Crippen LogP contribution in [0.2, 0.25) is 0 Å². The minimum atomic E-state index is -3.20. The Labute approximate surface area is 221 Å². The molecule has 10 nitrogen and oxygen atoms in total. The van der Waals surface area contributed by atoms with Gasteiger partial charge in [-0.05, 0) is 68.6 Å². The number of fused-ring (bicyclic) bond motifs is 4. The third-order valence-corrected chi connectivity index (χ3v) is 8.15. The van der Waals surface area contributed by atoms with E-state index in [0.717, 1.165) is 50.7 Å². The Morgan fingerprint density at radius 3 is 2.44 bits per heavy atom. The second-order valence-electron chi connectivity index (χ2n) is 10.3. The third kappa shape index (κ3) is 5.30. The van der Waals surface area contributed by atoms with Gasteiger partial charge in [0.25, 0.3) is 17.6 Å². The van der Waals surface area contributed by atoms with Crippen molar-refractivity contribution in [1.29, 1.82) is 0 Å². The maximum absolute atomic E-state index is 13.7. The molecule has 2 bridgehead atoms. The summed E-state index contributed by atoms with van der Waals surface area (Å²) in [5, 5.41) is 9.59. The van der Waals surface area contributed by atoms with Gasteiger partial charge in [-0.2, -0.15) is 23.4 Å². The number of alkyl halides is 2. The third-order valence-electron chi connectivity index (χ3n) is 8.15. The first-order valence-corrected chi connectivity index (χ1v) is 12.6. The highest BCUT2D eigenvalue weighted by Gasteiger charge is 2.50. The van der Waals surface area contributed by atoms with Crippen LogP contribution in [0.4, 0.5) is 13.2 Å². The minimum absolute atomic E-state index is 0.0435. The predicted molar refractivity (Wildman–Crippen MR) is 131 cm³/mol. The van der Waals surface area contributed by atoms with E-state index in [9.17, 15) is 27.6 Å². The number of ketones is 1. The molecule has 0 unspecified atom stereocenters. The van der Waals surface area contributed by atoms with E-state index in [1.807, 2.05) is 0 Å². The Balaban J connectivity index is 1.27. The molecule has 206 valence electrons. The second-order valence-corrected chi connectivity index (χ2v) is 10.3. The summed E-state index contributed by atoms with van der Waals surface area (Å²) in [6.07, 6.45) is 6.29. The summed E-state index contributed by atoms with van der Waals surface area (Å²) in [5.41, 5.74) is 0.000720. The van der Waals surface area contributed by atoms with Crippen LogP contribution in [0.25, 0.3) is 5.78 Å². The Hall–Kier alpha value is -4.03. The molecule has 1 aromatic carbocycles. The number of benzene rings is 1. The van der Waals surface area contributed by atoms with Gasteiger partial charge in [-0.25, -0.2) is 9.37 Å². The zero-order valence-corrected chi connectivity index (χ0v) is 21.2. The van der Waals surface area contributed by atoms with Crippen LogP contribution in [0, 0.1) is 16.6 Å². The highest BCUT2D eigenvalue weighted by atomic mass is 19.3. The first-order chi connectivity index (χ1) is 18.6. The summed E-state index contributed by atoms with van der Waals surface area (Å²) < 4.78 is 44.1. The molecule has 2 N–H and O–H groups in total. The van der Waals surface area contributed by atoms with E-state index in [4.69, 9.17) is 0 Å². The molecule has 39 heavy (non-hydrogen) atoms. The number of nitrogens with zero attached hydrogens (tertiary/aromatic N) is 4. The minimum Gasteiger partial charge on any atom is -0.432 e. The van der Waals surface area contributed by atoms with Crippen LogP contribution < -0.4 is 15.4 Å². The molecule has 0 radical (unpaired) electrons. The van der Waals surface area contributed by atoms with Gasteiger partial charge >= 0.3 is 6.61 Å². The lowest BCUT2D eigenvalue weighted by molar-refractivity contribution is -0.135. The van der Waals surface area contributed by atoms with E-state index in [0.29, 0.717) is 12.1 Å². The van der Waals surface area contributed by atoms with Crippen molar-refractivity contribution < 1.29 is 32.3 Å². The van der Waals surface area contributed by atoms with E-state index >= 15 is 0 Å². The van der Waals surface area contributed by atoms with Crippen molar-refractivity contribution in [1.82, 2.24) is 30.2 Å². The van der Waals surface area contributed by atoms with E-state index in [1.54, 1.807) is 6.92 Å². The van der Waals surface area contributed by atoms with Crippen LogP contribution in [-0.2, 0) is 11.3 Å². The quantitative estimate of drug-likeness (QED) is 0.422. The molecule has 3 fully saturated rings. The number of halogens is 3. The maximum atomic E-state index is 13.7. The van der Waals surface area contributed by atoms with Crippen molar-refractivity contribution in [3.8, 4) is 5.75 Å². The average Bonchev–Trinajstić information content (AvgIpc) is 3.41. The van der Waals surface area contributed by atoms with E-state index in [-0.39, 0.29) is 40.3 Å². The summed E-state index contributed by atoms with van der Waals surface area (Å²) in [6, 6.07) is 4.63. The standard InChI is InChI=1S/C26H27F3N6O4/c1-15(36)26-7-4-25(5-8-26,6-9-26)13-31-22(38)19-11-18(34-24-32-14-33-35(19)24)21(37)30-12-16-2-3-17(27)20(10-16)39-23(28)29/h2-3,10-11,14,23H,4-9,12-13H2,1H3,(H,30,37)(H,31,38). The fourth-order valence-electron chi connectivity index (χ4n) is 5.62. The van der Waals surface area contributed by atoms with Crippen LogP contribution in [-0.4, -0.2) is 50.3 Å². The Morgan fingerprint density at radius 1 is 1.05 bits per heavy atom. The molecule has 2 amide bonds. The number of nitrogens with one attached hydrogen (secondary N) is 2. The molecule has 13 heteroatoms. The highest BCUT2D eigenvalue weighted by molar-refractivity contribution is 5.98. The largest absolute Gasteiger partial charge is 0.432 e. The van der Waals surface area contributed by atoms with Gasteiger partial charge in [-0.1, -0.05) is 6.07 Å². The lowest BCUT2D eigenvalue weighted by Crippen LogP contribution is -2.49. The Kier molecular flexibility index (Phi) is 7.00. The van der Waals surface area contributed by atoms with Crippen molar-refractivity contribution in [2.45, 2.75) is 58.6 Å². The predicted octanol–water partition coefficient (Wildman–Crippen LogP) is 3.45. The van der Waals surface area contributed by atoms with Crippen LogP contribution in [0.5, 0.6) is 5.75 Å². The van der Waals surface area contributed by atoms with Gasteiger partial charge in [0, 0.05) is 24.6 Å². The average molecular weight is 545 g/mol. The summed E-state index contributed by atoms with van der Waals surface area (Å²) in [5.74, 6) is -2.41. The number of Topliss-reactive ketones (excluding diaryl/α,β-unsaturated/α-hetero) is 1. The van der Waals surface area contributed by atoms with Crippen LogP contribution in [0.3, 0.4) is 0 Å². The molecule has 2 heterocycles. The number of carbonyl (C=O) groups is 3. The highest BCUT2D eigenvalue weighted by Crippen LogP contribution is 2.56. The lowest BCUT2D eigenvalue weighted by Gasteiger charge is -2.52. The summed E-state index contributed by atoms with van der Waals surface area (Å²) >= 11 is 0. The van der Waals surface area contributed by atoms with Crippen molar-refractivity contribution >= 4 is 23.4 Å². The van der Waals surface area contributed by atoms with E-state index in [1.165, 1.54) is 23.0 Å². The van der Waals surface area contributed by atoms with Crippen molar-refractivity contribution in [3.63, 3.8) is 0 Å². The SMILES string of the molecule is CC(=O)C12CCC(CNC(=O)c3cc(C(=O)NCc4ccc(F)c(OC(F)F)c4)nc4ncnn34)(CC1)CC2. The molecule has 3 saturated carbocycles. The van der Waals surface area contributed by atoms with E-state index < -0.39 is 30.0 Å². The lowest BCUT2D eigenvalue weighted by atomic mass is 9.52. The van der Waals surface area contributed by atoms with Gasteiger partial charge in [0.1, 0.15) is 23.5 Å². The number of rotatable bonds is 9. The number of hydrogen-bond acceptors (Lipinski definition) is 7. The number of carbonyl (C=O) groups excluding carboxylic acids is 3. The number of hydrogen-bond donors (Lipinski definition) is 2. The molecule has 0 spiro atoms. The topological polar surface area (TPSA) is 128 Å². The molecular weight excluding hydrogens is 517 g/mol. The molecule has 3 aromatic rings. The molecule has 0 aliphatic heterocycles. The Morgan fingerprint density at radius 2 is 1.77 bits per heavy atom. The normalized spacial score (nSPS) is 22.2. The van der Waals surface area contributed by atoms with Crippen molar-refractivity contribution in [3.05, 3.63) is 53.4 Å². The molecular formula is C26H27F3N6O4. The summed E-state index contributed by atoms with van der Waals surface area (Å²) in [4.78, 5) is 46.4. The zero-order chi connectivity index (χ0) is 27.8. The summed E-state index contributed by atoms with van der Waals surface area (Å²) in [6.45, 7) is -1.23. The fraction of sp³-hybridized carbons (Fsp3) is 0.462. The van der Waals surface area contributed by atoms with Crippen molar-refractivity contribution in [2.24, 2.45) is 10.8 Å². The molecule has 3 aliphatic carbocycles. The van der Waals surface area contributed by atoms with Gasteiger partial charge in [-0.3, -0.25) is 14.4 Å². The van der Waals surface area contributed by atoms with Crippen molar-refractivity contribution in [2.75, 3.05) is 6.54 Å². The Bertz CT molecular complexity index is 1420. The molecule has 2 aromatic heterocycles. The monoisotopic (exact) mass is 544 g/mol. The first kappa shape index (κ1) is 26.6. The number of aromatic nitrogens is 4. The van der Waals surface area contributed by atoms with Gasteiger partial charge in [0.15, 0.2) is 11.6 Å². The molecule has 0 atom stereocenters. The van der Waals surface area contributed by atoms with Gasteiger partial charge in [0.2, 0.25) is 0 Å². The maximum Gasteiger partial charge on any atom is 0.387 e. The van der Waals surface area contributed by atoms with Crippen LogP contribution in [0.15, 0.2) is 30.6 Å². The zero-order valence-electron chi connectivity index (χ0n) is 21.2. The second kappa shape index (κ2) is 10.3. The van der Waals surface area contributed by atoms with Gasteiger partial charge < -0.3 is 15.4 Å². The molecule has 6 rings (SSSR count). The van der Waals surface area contributed by atoms with Gasteiger partial charge in [0.05, 0.1) is 0 Å². The summed E-state index contributed by atoms with van der Waals surface area (Å²) in [7, 11) is 0. The molecule has 3 aliphatic rings. The smallest absolute Gasteiger partial charge is 0.387 e. The van der Waals surface area contributed by atoms with E-state index in [2.05, 4.69) is 30.4 Å².